The van der Waals surface area contributed by atoms with Gasteiger partial charge in [0.1, 0.15) is 0 Å². The second-order valence-corrected chi connectivity index (χ2v) is 6.57. The van der Waals surface area contributed by atoms with Crippen molar-refractivity contribution in [3.63, 3.8) is 0 Å². The first-order chi connectivity index (χ1) is 10.0. The van der Waals surface area contributed by atoms with Crippen molar-refractivity contribution in [1.29, 1.82) is 0 Å². The van der Waals surface area contributed by atoms with Gasteiger partial charge in [-0.05, 0) is 42.8 Å². The van der Waals surface area contributed by atoms with Gasteiger partial charge in [0.15, 0.2) is 5.13 Å². The number of thiazole rings is 1. The maximum Gasteiger partial charge on any atom is 0.257 e. The summed E-state index contributed by atoms with van der Waals surface area (Å²) in [6.07, 6.45) is 0. The highest BCUT2D eigenvalue weighted by molar-refractivity contribution is 7.80. The standard InChI is InChI=1S/C15H11ClN2OS2/c1-8-2-4-10(20)7-11(8)14(19)18-15-17-12-5-3-9(16)6-13(12)21-15/h2-7,20H,1H3,(H,17,18,19). The van der Waals surface area contributed by atoms with Crippen LogP contribution in [0.25, 0.3) is 10.2 Å². The van der Waals surface area contributed by atoms with Gasteiger partial charge < -0.3 is 0 Å². The molecule has 1 amide bonds. The molecule has 3 aromatic rings. The summed E-state index contributed by atoms with van der Waals surface area (Å²) >= 11 is 11.6. The second-order valence-electron chi connectivity index (χ2n) is 4.58. The lowest BCUT2D eigenvalue weighted by Crippen LogP contribution is -2.13. The third kappa shape index (κ3) is 3.05. The van der Waals surface area contributed by atoms with Crippen LogP contribution in [0.4, 0.5) is 5.13 Å². The quantitative estimate of drug-likeness (QED) is 0.661. The van der Waals surface area contributed by atoms with Crippen molar-refractivity contribution in [3.8, 4) is 0 Å². The fraction of sp³-hybridized carbons (Fsp3) is 0.0667. The second kappa shape index (κ2) is 5.67. The van der Waals surface area contributed by atoms with Crippen LogP contribution in [0.3, 0.4) is 0 Å². The van der Waals surface area contributed by atoms with Gasteiger partial charge in [0.2, 0.25) is 0 Å². The number of carbonyl (C=O) groups is 1. The summed E-state index contributed by atoms with van der Waals surface area (Å²) in [5, 5.41) is 4.04. The van der Waals surface area contributed by atoms with Gasteiger partial charge in [0.25, 0.3) is 5.91 Å². The molecule has 0 saturated carbocycles. The van der Waals surface area contributed by atoms with Crippen LogP contribution in [-0.2, 0) is 0 Å². The number of hydrogen-bond donors (Lipinski definition) is 2. The lowest BCUT2D eigenvalue weighted by molar-refractivity contribution is 0.102. The highest BCUT2D eigenvalue weighted by atomic mass is 35.5. The summed E-state index contributed by atoms with van der Waals surface area (Å²) < 4.78 is 0.942. The minimum atomic E-state index is -0.187. The molecule has 3 nitrogen and oxygen atoms in total. The van der Waals surface area contributed by atoms with Crippen LogP contribution in [-0.4, -0.2) is 10.9 Å². The maximum atomic E-state index is 12.3. The van der Waals surface area contributed by atoms with Gasteiger partial charge in [-0.15, -0.1) is 12.6 Å². The van der Waals surface area contributed by atoms with Crippen LogP contribution in [0, 0.1) is 6.92 Å². The van der Waals surface area contributed by atoms with Crippen LogP contribution >= 0.6 is 35.6 Å². The number of benzene rings is 2. The molecule has 0 unspecified atom stereocenters. The Hall–Kier alpha value is -1.56. The molecule has 1 N–H and O–H groups in total. The summed E-state index contributed by atoms with van der Waals surface area (Å²) in [6.45, 7) is 1.89. The molecule has 0 bridgehead atoms. The van der Waals surface area contributed by atoms with Crippen molar-refractivity contribution < 1.29 is 4.79 Å². The number of rotatable bonds is 2. The van der Waals surface area contributed by atoms with Crippen LogP contribution in [0.2, 0.25) is 5.02 Å². The third-order valence-electron chi connectivity index (χ3n) is 3.04. The molecule has 0 aliphatic heterocycles. The van der Waals surface area contributed by atoms with E-state index < -0.39 is 0 Å². The van der Waals surface area contributed by atoms with Crippen LogP contribution < -0.4 is 5.32 Å². The summed E-state index contributed by atoms with van der Waals surface area (Å²) in [5.41, 5.74) is 2.31. The molecule has 0 aliphatic rings. The summed E-state index contributed by atoms with van der Waals surface area (Å²) in [5.74, 6) is -0.187. The number of aryl methyl sites for hydroxylation is 1. The summed E-state index contributed by atoms with van der Waals surface area (Å²) in [4.78, 5) is 17.5. The van der Waals surface area contributed by atoms with Crippen LogP contribution in [0.5, 0.6) is 0 Å². The van der Waals surface area contributed by atoms with Gasteiger partial charge in [0.05, 0.1) is 10.2 Å². The first-order valence-electron chi connectivity index (χ1n) is 6.20. The van der Waals surface area contributed by atoms with E-state index in [-0.39, 0.29) is 5.91 Å². The Morgan fingerprint density at radius 2 is 2.10 bits per heavy atom. The molecule has 0 atom stereocenters. The number of aromatic nitrogens is 1. The Bertz CT molecular complexity index is 845. The van der Waals surface area contributed by atoms with E-state index in [1.165, 1.54) is 11.3 Å². The van der Waals surface area contributed by atoms with Gasteiger partial charge in [-0.2, -0.15) is 0 Å². The lowest BCUT2D eigenvalue weighted by Gasteiger charge is -2.05. The zero-order valence-corrected chi connectivity index (χ0v) is 13.5. The van der Waals surface area contributed by atoms with Crippen LogP contribution in [0.1, 0.15) is 15.9 Å². The van der Waals surface area contributed by atoms with Gasteiger partial charge in [0, 0.05) is 15.5 Å². The summed E-state index contributed by atoms with van der Waals surface area (Å²) in [7, 11) is 0. The molecule has 1 heterocycles. The fourth-order valence-corrected chi connectivity index (χ4v) is 3.31. The van der Waals surface area contributed by atoms with Gasteiger partial charge in [-0.25, -0.2) is 4.98 Å². The number of nitrogens with zero attached hydrogens (tertiary/aromatic N) is 1. The zero-order chi connectivity index (χ0) is 15.0. The van der Waals surface area contributed by atoms with Gasteiger partial charge in [-0.3, -0.25) is 10.1 Å². The molecule has 3 rings (SSSR count). The number of amides is 1. The number of hydrogen-bond acceptors (Lipinski definition) is 4. The molecule has 0 aliphatic carbocycles. The minimum absolute atomic E-state index is 0.187. The molecule has 0 fully saturated rings. The number of fused-ring (bicyclic) bond motifs is 1. The SMILES string of the molecule is Cc1ccc(S)cc1C(=O)Nc1nc2ccc(Cl)cc2s1. The highest BCUT2D eigenvalue weighted by Gasteiger charge is 2.12. The molecule has 0 radical (unpaired) electrons. The molecular weight excluding hydrogens is 324 g/mol. The van der Waals surface area contributed by atoms with Crippen molar-refractivity contribution in [2.45, 2.75) is 11.8 Å². The fourth-order valence-electron chi connectivity index (χ4n) is 1.97. The molecule has 106 valence electrons. The number of anilines is 1. The van der Waals surface area contributed by atoms with Gasteiger partial charge >= 0.3 is 0 Å². The first kappa shape index (κ1) is 14.4. The molecule has 0 saturated heterocycles. The predicted molar refractivity (Wildman–Crippen MR) is 91.0 cm³/mol. The number of nitrogens with one attached hydrogen (secondary N) is 1. The molecule has 0 spiro atoms. The monoisotopic (exact) mass is 334 g/mol. The Labute approximate surface area is 136 Å². The molecule has 6 heteroatoms. The van der Waals surface area contributed by atoms with E-state index in [1.807, 2.05) is 31.2 Å². The normalized spacial score (nSPS) is 10.8. The maximum absolute atomic E-state index is 12.3. The van der Waals surface area contributed by atoms with E-state index in [1.54, 1.807) is 12.1 Å². The Morgan fingerprint density at radius 3 is 2.90 bits per heavy atom. The van der Waals surface area contributed by atoms with E-state index in [0.29, 0.717) is 15.7 Å². The molecule has 1 aromatic heterocycles. The van der Waals surface area contributed by atoms with E-state index in [9.17, 15) is 4.79 Å². The summed E-state index contributed by atoms with van der Waals surface area (Å²) in [6, 6.07) is 10.9. The topological polar surface area (TPSA) is 42.0 Å². The van der Waals surface area contributed by atoms with E-state index in [4.69, 9.17) is 11.6 Å². The smallest absolute Gasteiger partial charge is 0.257 e. The van der Waals surface area contributed by atoms with Crippen molar-refractivity contribution in [1.82, 2.24) is 4.98 Å². The van der Waals surface area contributed by atoms with Crippen molar-refractivity contribution in [2.24, 2.45) is 0 Å². The Kier molecular flexibility index (Phi) is 3.89. The minimum Gasteiger partial charge on any atom is -0.298 e. The molecule has 21 heavy (non-hydrogen) atoms. The molecular formula is C15H11ClN2OS2. The predicted octanol–water partition coefficient (Wildman–Crippen LogP) is 4.80. The van der Waals surface area contributed by atoms with Gasteiger partial charge in [-0.1, -0.05) is 29.0 Å². The Morgan fingerprint density at radius 1 is 1.29 bits per heavy atom. The molecule has 2 aromatic carbocycles. The van der Waals surface area contributed by atoms with Crippen molar-refractivity contribution in [2.75, 3.05) is 5.32 Å². The number of carbonyl (C=O) groups excluding carboxylic acids is 1. The number of halogens is 1. The average molecular weight is 335 g/mol. The van der Waals surface area contributed by atoms with E-state index in [0.717, 1.165) is 20.7 Å². The lowest BCUT2D eigenvalue weighted by atomic mass is 10.1. The Balaban J connectivity index is 1.90. The van der Waals surface area contributed by atoms with E-state index in [2.05, 4.69) is 22.9 Å². The number of thiol groups is 1. The van der Waals surface area contributed by atoms with E-state index >= 15 is 0 Å². The van der Waals surface area contributed by atoms with Crippen LogP contribution in [0.15, 0.2) is 41.3 Å². The van der Waals surface area contributed by atoms with Crippen molar-refractivity contribution in [3.05, 3.63) is 52.5 Å². The first-order valence-corrected chi connectivity index (χ1v) is 7.84. The zero-order valence-electron chi connectivity index (χ0n) is 11.1. The average Bonchev–Trinajstić information content (AvgIpc) is 2.82. The largest absolute Gasteiger partial charge is 0.298 e. The highest BCUT2D eigenvalue weighted by Crippen LogP contribution is 2.28. The van der Waals surface area contributed by atoms with Crippen molar-refractivity contribution >= 4 is 56.8 Å². The third-order valence-corrected chi connectivity index (χ3v) is 4.48.